The Morgan fingerprint density at radius 2 is 2.27 bits per heavy atom. The predicted molar refractivity (Wildman–Crippen MR) is 58.6 cm³/mol. The normalized spacial score (nSPS) is 10.2. The Hall–Kier alpha value is -1.75. The van der Waals surface area contributed by atoms with E-state index >= 15 is 0 Å². The summed E-state index contributed by atoms with van der Waals surface area (Å²) in [7, 11) is 0. The minimum atomic E-state index is -0.510. The van der Waals surface area contributed by atoms with E-state index in [9.17, 15) is 4.79 Å². The maximum Gasteiger partial charge on any atom is 0.267 e. The van der Waals surface area contributed by atoms with Gasteiger partial charge in [-0.3, -0.25) is 4.79 Å². The van der Waals surface area contributed by atoms with Gasteiger partial charge in [-0.1, -0.05) is 0 Å². The second kappa shape index (κ2) is 3.78. The first-order chi connectivity index (χ1) is 7.16. The molecule has 2 rings (SSSR count). The Kier molecular flexibility index (Phi) is 2.47. The molecule has 2 aromatic rings. The molecule has 5 heteroatoms. The van der Waals surface area contributed by atoms with Crippen LogP contribution in [0.4, 0.5) is 0 Å². The predicted octanol–water partition coefficient (Wildman–Crippen LogP) is 1.61. The minimum Gasteiger partial charge on any atom is -0.364 e. The van der Waals surface area contributed by atoms with Gasteiger partial charge in [-0.25, -0.2) is 9.36 Å². The van der Waals surface area contributed by atoms with Crippen LogP contribution in [0.25, 0.3) is 10.4 Å². The molecule has 0 aliphatic heterocycles. The minimum absolute atomic E-state index is 0.290. The van der Waals surface area contributed by atoms with Gasteiger partial charge in [0.2, 0.25) is 0 Å². The van der Waals surface area contributed by atoms with Gasteiger partial charge in [0.25, 0.3) is 5.91 Å². The highest BCUT2D eigenvalue weighted by Gasteiger charge is 2.07. The lowest BCUT2D eigenvalue weighted by Gasteiger charge is -2.01. The van der Waals surface area contributed by atoms with E-state index in [0.717, 1.165) is 16.1 Å². The molecule has 76 valence electrons. The number of carbonyl (C=O) groups is 1. The summed E-state index contributed by atoms with van der Waals surface area (Å²) in [6.45, 7) is 1.83. The lowest BCUT2D eigenvalue weighted by atomic mass is 10.1. The van der Waals surface area contributed by atoms with E-state index in [1.807, 2.05) is 19.1 Å². The monoisotopic (exact) mass is 219 g/mol. The fourth-order valence-corrected chi connectivity index (χ4v) is 1.88. The molecule has 0 fully saturated rings. The first-order valence-electron chi connectivity index (χ1n) is 4.36. The third kappa shape index (κ3) is 2.02. The van der Waals surface area contributed by atoms with Gasteiger partial charge in [-0.2, -0.15) is 0 Å². The Labute approximate surface area is 90.9 Å². The number of hydrogen-bond acceptors (Lipinski definition) is 4. The van der Waals surface area contributed by atoms with Gasteiger partial charge in [-0.15, -0.1) is 0 Å². The Balaban J connectivity index is 2.54. The van der Waals surface area contributed by atoms with E-state index in [0.29, 0.717) is 5.69 Å². The number of carbonyl (C=O) groups excluding carboxylic acids is 1. The van der Waals surface area contributed by atoms with Crippen molar-refractivity contribution in [3.63, 3.8) is 0 Å². The molecule has 0 saturated carbocycles. The molecule has 0 aromatic carbocycles. The number of aryl methyl sites for hydroxylation is 1. The van der Waals surface area contributed by atoms with Crippen molar-refractivity contribution >= 4 is 17.4 Å². The van der Waals surface area contributed by atoms with Crippen molar-refractivity contribution in [1.29, 1.82) is 0 Å². The van der Waals surface area contributed by atoms with Gasteiger partial charge >= 0.3 is 0 Å². The van der Waals surface area contributed by atoms with Crippen LogP contribution in [0.2, 0.25) is 0 Å². The van der Waals surface area contributed by atoms with E-state index < -0.39 is 5.91 Å². The van der Waals surface area contributed by atoms with Gasteiger partial charge < -0.3 is 5.73 Å². The zero-order chi connectivity index (χ0) is 10.8. The topological polar surface area (TPSA) is 68.9 Å². The third-order valence-electron chi connectivity index (χ3n) is 1.93. The SMILES string of the molecule is Cc1cc(-c2ccns2)cc(C(N)=O)n1. The summed E-state index contributed by atoms with van der Waals surface area (Å²) < 4.78 is 4.01. The number of hydrogen-bond donors (Lipinski definition) is 1. The average Bonchev–Trinajstić information content (AvgIpc) is 2.69. The molecule has 2 N–H and O–H groups in total. The molecule has 0 atom stereocenters. The number of amides is 1. The fourth-order valence-electron chi connectivity index (χ4n) is 1.30. The van der Waals surface area contributed by atoms with E-state index in [4.69, 9.17) is 5.73 Å². The molecule has 0 bridgehead atoms. The molecular formula is C10H9N3OS. The zero-order valence-electron chi connectivity index (χ0n) is 8.10. The Morgan fingerprint density at radius 1 is 1.47 bits per heavy atom. The molecule has 2 heterocycles. The number of pyridine rings is 1. The summed E-state index contributed by atoms with van der Waals surface area (Å²) in [5.74, 6) is -0.510. The highest BCUT2D eigenvalue weighted by Crippen LogP contribution is 2.23. The fraction of sp³-hybridized carbons (Fsp3) is 0.100. The van der Waals surface area contributed by atoms with Gasteiger partial charge in [0.15, 0.2) is 0 Å². The van der Waals surface area contributed by atoms with Gasteiger partial charge in [-0.05, 0) is 42.2 Å². The van der Waals surface area contributed by atoms with Gasteiger partial charge in [0, 0.05) is 11.9 Å². The van der Waals surface area contributed by atoms with E-state index in [2.05, 4.69) is 9.36 Å². The second-order valence-corrected chi connectivity index (χ2v) is 3.96. The summed E-state index contributed by atoms with van der Waals surface area (Å²) in [5.41, 5.74) is 7.18. The van der Waals surface area contributed by atoms with Crippen LogP contribution in [0.1, 0.15) is 16.2 Å². The van der Waals surface area contributed by atoms with E-state index in [1.54, 1.807) is 12.3 Å². The average molecular weight is 219 g/mol. The first kappa shape index (κ1) is 9.79. The molecular weight excluding hydrogens is 210 g/mol. The van der Waals surface area contributed by atoms with Crippen molar-refractivity contribution < 1.29 is 4.79 Å². The molecule has 0 radical (unpaired) electrons. The van der Waals surface area contributed by atoms with Crippen LogP contribution in [-0.4, -0.2) is 15.3 Å². The molecule has 4 nitrogen and oxygen atoms in total. The second-order valence-electron chi connectivity index (χ2n) is 3.12. The van der Waals surface area contributed by atoms with E-state index in [1.165, 1.54) is 11.5 Å². The Bertz CT molecular complexity index is 493. The van der Waals surface area contributed by atoms with Crippen LogP contribution in [0, 0.1) is 6.92 Å². The van der Waals surface area contributed by atoms with Crippen molar-refractivity contribution in [3.05, 3.63) is 35.8 Å². The molecule has 0 spiro atoms. The standard InChI is InChI=1S/C10H9N3OS/c1-6-4-7(9-2-3-12-15-9)5-8(13-6)10(11)14/h2-5H,1H3,(H2,11,14). The quantitative estimate of drug-likeness (QED) is 0.834. The first-order valence-corrected chi connectivity index (χ1v) is 5.14. The summed E-state index contributed by atoms with van der Waals surface area (Å²) in [4.78, 5) is 16.1. The number of primary amides is 1. The lowest BCUT2D eigenvalue weighted by molar-refractivity contribution is 0.0995. The highest BCUT2D eigenvalue weighted by molar-refractivity contribution is 7.09. The summed E-state index contributed by atoms with van der Waals surface area (Å²) in [5, 5.41) is 0. The number of aromatic nitrogens is 2. The van der Waals surface area contributed by atoms with Crippen molar-refractivity contribution in [2.75, 3.05) is 0 Å². The third-order valence-corrected chi connectivity index (χ3v) is 2.72. The lowest BCUT2D eigenvalue weighted by Crippen LogP contribution is -2.13. The highest BCUT2D eigenvalue weighted by atomic mass is 32.1. The van der Waals surface area contributed by atoms with Crippen LogP contribution < -0.4 is 5.73 Å². The van der Waals surface area contributed by atoms with Crippen molar-refractivity contribution in [3.8, 4) is 10.4 Å². The zero-order valence-corrected chi connectivity index (χ0v) is 8.91. The molecule has 1 amide bonds. The molecule has 0 saturated heterocycles. The van der Waals surface area contributed by atoms with Crippen LogP contribution in [0.3, 0.4) is 0 Å². The summed E-state index contributed by atoms with van der Waals surface area (Å²) >= 11 is 1.38. The van der Waals surface area contributed by atoms with Crippen LogP contribution in [0.5, 0.6) is 0 Å². The Morgan fingerprint density at radius 3 is 2.87 bits per heavy atom. The molecule has 0 aliphatic rings. The summed E-state index contributed by atoms with van der Waals surface area (Å²) in [6.07, 6.45) is 1.72. The van der Waals surface area contributed by atoms with Crippen LogP contribution in [0.15, 0.2) is 24.4 Å². The molecule has 2 aromatic heterocycles. The number of nitrogens with two attached hydrogens (primary N) is 1. The number of nitrogens with zero attached hydrogens (tertiary/aromatic N) is 2. The van der Waals surface area contributed by atoms with Crippen molar-refractivity contribution in [2.24, 2.45) is 5.73 Å². The van der Waals surface area contributed by atoms with Gasteiger partial charge in [0.05, 0.1) is 4.88 Å². The largest absolute Gasteiger partial charge is 0.364 e. The maximum absolute atomic E-state index is 11.0. The molecule has 0 aliphatic carbocycles. The summed E-state index contributed by atoms with van der Waals surface area (Å²) in [6, 6.07) is 5.48. The van der Waals surface area contributed by atoms with Crippen LogP contribution >= 0.6 is 11.5 Å². The smallest absolute Gasteiger partial charge is 0.267 e. The van der Waals surface area contributed by atoms with Crippen molar-refractivity contribution in [1.82, 2.24) is 9.36 Å². The molecule has 15 heavy (non-hydrogen) atoms. The maximum atomic E-state index is 11.0. The van der Waals surface area contributed by atoms with E-state index in [-0.39, 0.29) is 0 Å². The van der Waals surface area contributed by atoms with Crippen LogP contribution in [-0.2, 0) is 0 Å². The van der Waals surface area contributed by atoms with Gasteiger partial charge in [0.1, 0.15) is 5.69 Å². The van der Waals surface area contributed by atoms with Crippen molar-refractivity contribution in [2.45, 2.75) is 6.92 Å². The number of rotatable bonds is 2. The molecule has 0 unspecified atom stereocenters.